The van der Waals surface area contributed by atoms with E-state index in [4.69, 9.17) is 33.3 Å². The number of rotatable bonds is 11. The normalized spacial score (nSPS) is 46.5. The first-order chi connectivity index (χ1) is 28.0. The Kier molecular flexibility index (Phi) is 18.2. The molecule has 6 N–H and O–H groups in total. The zero-order valence-corrected chi connectivity index (χ0v) is 38.6. The largest absolute Gasteiger partial charge is 0.459 e. The second kappa shape index (κ2) is 21.4. The van der Waals surface area contributed by atoms with Crippen molar-refractivity contribution in [3.8, 4) is 0 Å². The van der Waals surface area contributed by atoms with E-state index in [2.05, 4.69) is 15.4 Å². The van der Waals surface area contributed by atoms with Gasteiger partial charge in [-0.1, -0.05) is 32.9 Å². The molecule has 2 unspecified atom stereocenters. The number of carbonyl (C=O) groups excluding carboxylic acids is 1. The maximum absolute atomic E-state index is 14.4. The number of methoxy groups -OCH3 is 1. The Hall–Kier alpha value is -1.58. The molecule has 0 radical (unpaired) electrons. The van der Waals surface area contributed by atoms with Gasteiger partial charge < -0.3 is 69.0 Å². The Morgan fingerprint density at radius 3 is 2.18 bits per heavy atom. The number of hydrogen-bond donors (Lipinski definition) is 6. The molecule has 0 aromatic heterocycles. The second-order valence-electron chi connectivity index (χ2n) is 19.0. The topological polar surface area (TPSA) is 214 Å². The first kappa shape index (κ1) is 51.1. The predicted molar refractivity (Wildman–Crippen MR) is 224 cm³/mol. The zero-order chi connectivity index (χ0) is 44.9. The van der Waals surface area contributed by atoms with Gasteiger partial charge in [-0.25, -0.2) is 0 Å². The van der Waals surface area contributed by atoms with Crippen molar-refractivity contribution in [1.29, 1.82) is 0 Å². The minimum atomic E-state index is -1.93. The van der Waals surface area contributed by atoms with E-state index >= 15 is 0 Å². The minimum Gasteiger partial charge on any atom is -0.459 e. The Bertz CT molecular complexity index is 1380. The van der Waals surface area contributed by atoms with Crippen LogP contribution in [0.1, 0.15) is 94.9 Å². The third-order valence-electron chi connectivity index (χ3n) is 13.7. The molecule has 4 aliphatic heterocycles. The molecule has 4 rings (SSSR count). The van der Waals surface area contributed by atoms with Gasteiger partial charge >= 0.3 is 5.97 Å². The minimum absolute atomic E-state index is 0.0182. The molecule has 4 saturated heterocycles. The summed E-state index contributed by atoms with van der Waals surface area (Å²) in [5.41, 5.74) is -4.32. The van der Waals surface area contributed by atoms with E-state index in [0.29, 0.717) is 18.7 Å². The lowest BCUT2D eigenvalue weighted by atomic mass is 9.73. The summed E-state index contributed by atoms with van der Waals surface area (Å²) >= 11 is 0. The van der Waals surface area contributed by atoms with Crippen LogP contribution in [0, 0.1) is 23.7 Å². The van der Waals surface area contributed by atoms with Gasteiger partial charge in [0.05, 0.1) is 53.4 Å². The highest BCUT2D eigenvalue weighted by atomic mass is 16.7. The molecule has 0 aliphatic carbocycles. The van der Waals surface area contributed by atoms with Gasteiger partial charge in [-0.05, 0) is 74.9 Å². The molecule has 0 amide bonds. The van der Waals surface area contributed by atoms with Gasteiger partial charge in [0.15, 0.2) is 12.6 Å². The zero-order valence-electron chi connectivity index (χ0n) is 38.6. The van der Waals surface area contributed by atoms with E-state index in [-0.39, 0.29) is 38.0 Å². The van der Waals surface area contributed by atoms with Gasteiger partial charge in [0.2, 0.25) is 0 Å². The van der Waals surface area contributed by atoms with Crippen LogP contribution < -0.4 is 5.32 Å². The molecule has 4 fully saturated rings. The Balaban J connectivity index is 1.83. The van der Waals surface area contributed by atoms with Crippen LogP contribution in [-0.2, 0) is 38.1 Å². The molecule has 17 heteroatoms. The number of hydrogen-bond acceptors (Lipinski definition) is 17. The highest BCUT2D eigenvalue weighted by Crippen LogP contribution is 2.41. The standard InChI is InChI=1S/C43H80N4O13/c1-14-31-43(10,53)36(49)26(4)33(45-55-20-19-47-17-15-44-16-18-47)24(2)22-41(8,52)38(60-40-34(48)30(46(11)12)21-25(3)56-40)27(5)35(28(6)39(51)58-31)59-32-23-42(9,54-13)37(50)29(7)57-32/h24-32,34-38,40,44,48-50,52-53H,14-23H2,1-13H3/b45-33+/t24-,25-,26+,27+,28-,29+,30+,31?,32+,34-,35?,36-,37+,38-,40+,41-,42-,43-/m1/s1. The van der Waals surface area contributed by atoms with E-state index < -0.39 is 102 Å². The van der Waals surface area contributed by atoms with Crippen LogP contribution in [0.3, 0.4) is 0 Å². The van der Waals surface area contributed by atoms with Crippen LogP contribution in [-0.4, -0.2) is 192 Å². The number of cyclic esters (lactones) is 1. The fourth-order valence-electron chi connectivity index (χ4n) is 9.82. The van der Waals surface area contributed by atoms with Crippen molar-refractivity contribution in [2.45, 2.75) is 179 Å². The van der Waals surface area contributed by atoms with E-state index in [0.717, 1.165) is 26.2 Å². The highest BCUT2D eigenvalue weighted by molar-refractivity contribution is 5.88. The average Bonchev–Trinajstić information content (AvgIpc) is 3.19. The number of oxime groups is 1. The molecular formula is C43H80N4O13. The Morgan fingerprint density at radius 2 is 1.58 bits per heavy atom. The molecule has 0 aromatic rings. The van der Waals surface area contributed by atoms with E-state index in [1.165, 1.54) is 14.0 Å². The number of aliphatic hydroxyl groups excluding tert-OH is 3. The summed E-state index contributed by atoms with van der Waals surface area (Å²) in [5, 5.41) is 67.5. The summed E-state index contributed by atoms with van der Waals surface area (Å²) in [4.78, 5) is 24.5. The summed E-state index contributed by atoms with van der Waals surface area (Å²) in [6.45, 7) is 21.7. The van der Waals surface area contributed by atoms with Gasteiger partial charge in [0, 0.05) is 70.0 Å². The van der Waals surface area contributed by atoms with Gasteiger partial charge in [-0.2, -0.15) is 0 Å². The number of aliphatic hydroxyl groups is 5. The molecule has 0 spiro atoms. The third kappa shape index (κ3) is 12.0. The van der Waals surface area contributed by atoms with Crippen LogP contribution in [0.4, 0.5) is 0 Å². The number of nitrogens with zero attached hydrogens (tertiary/aromatic N) is 3. The Labute approximate surface area is 358 Å². The lowest BCUT2D eigenvalue weighted by Crippen LogP contribution is -2.61. The quantitative estimate of drug-likeness (QED) is 0.0987. The van der Waals surface area contributed by atoms with Gasteiger partial charge in [0.1, 0.15) is 30.5 Å². The molecule has 4 heterocycles. The molecule has 60 heavy (non-hydrogen) atoms. The summed E-state index contributed by atoms with van der Waals surface area (Å²) in [5.74, 6) is -3.96. The van der Waals surface area contributed by atoms with Crippen LogP contribution in [0.15, 0.2) is 5.16 Å². The maximum Gasteiger partial charge on any atom is 0.311 e. The number of likely N-dealkylation sites (N-methyl/N-ethyl adjacent to an activating group) is 1. The summed E-state index contributed by atoms with van der Waals surface area (Å²) < 4.78 is 37.9. The summed E-state index contributed by atoms with van der Waals surface area (Å²) in [6.07, 6.45) is -9.19. The Morgan fingerprint density at radius 1 is 0.933 bits per heavy atom. The van der Waals surface area contributed by atoms with Crippen LogP contribution in [0.5, 0.6) is 0 Å². The van der Waals surface area contributed by atoms with Crippen molar-refractivity contribution in [3.63, 3.8) is 0 Å². The van der Waals surface area contributed by atoms with Crippen molar-refractivity contribution in [1.82, 2.24) is 15.1 Å². The molecule has 350 valence electrons. The number of nitrogens with one attached hydrogen (secondary N) is 1. The van der Waals surface area contributed by atoms with Crippen molar-refractivity contribution in [2.24, 2.45) is 28.8 Å². The average molecular weight is 861 g/mol. The highest BCUT2D eigenvalue weighted by Gasteiger charge is 2.53. The van der Waals surface area contributed by atoms with Gasteiger partial charge in [0.25, 0.3) is 0 Å². The SMILES string of the molecule is CCC1OC(=O)[C@H](C)C(O[C@H]2C[C@@](C)(OC)[C@@H](O)[C@H](C)O2)[C@H](C)[C@@H](O[C@@H]2O[C@H](C)C[C@H](N(C)C)[C@H]2O)[C@](C)(O)C[C@@H](C)/C(=N\OCCN2CCNCC2)[C@H](C)[C@@H](O)[C@]1(C)O. The van der Waals surface area contributed by atoms with Crippen LogP contribution >= 0.6 is 0 Å². The van der Waals surface area contributed by atoms with E-state index in [9.17, 15) is 30.3 Å². The number of ether oxygens (including phenoxy) is 6. The van der Waals surface area contributed by atoms with Crippen molar-refractivity contribution < 1.29 is 63.6 Å². The molecule has 0 saturated carbocycles. The molecule has 0 bridgehead atoms. The molecular weight excluding hydrogens is 780 g/mol. The van der Waals surface area contributed by atoms with Gasteiger partial charge in [-0.3, -0.25) is 9.69 Å². The molecule has 17 nitrogen and oxygen atoms in total. The van der Waals surface area contributed by atoms with E-state index in [1.807, 2.05) is 32.8 Å². The number of esters is 1. The monoisotopic (exact) mass is 861 g/mol. The third-order valence-corrected chi connectivity index (χ3v) is 13.7. The lowest BCUT2D eigenvalue weighted by molar-refractivity contribution is -0.317. The predicted octanol–water partition coefficient (Wildman–Crippen LogP) is 1.49. The van der Waals surface area contributed by atoms with Gasteiger partial charge in [-0.15, -0.1) is 0 Å². The van der Waals surface area contributed by atoms with E-state index in [1.54, 1.807) is 48.5 Å². The summed E-state index contributed by atoms with van der Waals surface area (Å²) in [7, 11) is 5.26. The lowest BCUT2D eigenvalue weighted by Gasteiger charge is -2.49. The maximum atomic E-state index is 14.4. The second-order valence-corrected chi connectivity index (χ2v) is 19.0. The van der Waals surface area contributed by atoms with Crippen LogP contribution in [0.25, 0.3) is 0 Å². The fraction of sp³-hybridized carbons (Fsp3) is 0.953. The molecule has 18 atom stereocenters. The van der Waals surface area contributed by atoms with Crippen molar-refractivity contribution in [2.75, 3.05) is 60.5 Å². The van der Waals surface area contributed by atoms with Crippen molar-refractivity contribution in [3.05, 3.63) is 0 Å². The summed E-state index contributed by atoms with van der Waals surface area (Å²) in [6, 6.07) is -0.314. The van der Waals surface area contributed by atoms with Crippen molar-refractivity contribution >= 4 is 11.7 Å². The first-order valence-corrected chi connectivity index (χ1v) is 22.1. The smallest absolute Gasteiger partial charge is 0.311 e. The first-order valence-electron chi connectivity index (χ1n) is 22.1. The number of carbonyl (C=O) groups is 1. The number of piperazine rings is 1. The molecule has 0 aromatic carbocycles. The molecule has 4 aliphatic rings. The van der Waals surface area contributed by atoms with Crippen LogP contribution in [0.2, 0.25) is 0 Å². The fourth-order valence-corrected chi connectivity index (χ4v) is 9.82.